The molecule has 2 aromatic rings. The second-order valence-corrected chi connectivity index (χ2v) is 4.77. The van der Waals surface area contributed by atoms with Gasteiger partial charge in [-0.15, -0.1) is 0 Å². The van der Waals surface area contributed by atoms with E-state index < -0.39 is 5.97 Å². The molecule has 4 N–H and O–H groups in total. The molecule has 21 heavy (non-hydrogen) atoms. The number of rotatable bonds is 4. The molecular weight excluding hydrogens is 272 g/mol. The number of phenols is 3. The summed E-state index contributed by atoms with van der Waals surface area (Å²) >= 11 is 0. The van der Waals surface area contributed by atoms with Gasteiger partial charge in [0.2, 0.25) is 0 Å². The minimum Gasteiger partial charge on any atom is -0.507 e. The highest BCUT2D eigenvalue weighted by molar-refractivity contribution is 6.01. The van der Waals surface area contributed by atoms with Gasteiger partial charge in [-0.05, 0) is 19.4 Å². The average molecular weight is 288 g/mol. The predicted molar refractivity (Wildman–Crippen MR) is 79.6 cm³/mol. The summed E-state index contributed by atoms with van der Waals surface area (Å²) in [5.74, 6) is -1.18. The van der Waals surface area contributed by atoms with Gasteiger partial charge in [0, 0.05) is 22.9 Å². The van der Waals surface area contributed by atoms with Crippen molar-refractivity contribution >= 4 is 22.8 Å². The number of phenolic OH excluding ortho intramolecular Hbond substituents is 3. The van der Waals surface area contributed by atoms with Gasteiger partial charge < -0.3 is 20.4 Å². The van der Waals surface area contributed by atoms with E-state index in [-0.39, 0.29) is 29.1 Å². The smallest absolute Gasteiger partial charge is 0.303 e. The van der Waals surface area contributed by atoms with Gasteiger partial charge >= 0.3 is 5.97 Å². The lowest BCUT2D eigenvalue weighted by Gasteiger charge is -2.12. The molecule has 0 amide bonds. The summed E-state index contributed by atoms with van der Waals surface area (Å²) in [5, 5.41) is 39.5. The Morgan fingerprint density at radius 2 is 1.90 bits per heavy atom. The quantitative estimate of drug-likeness (QED) is 0.648. The van der Waals surface area contributed by atoms with Crippen molar-refractivity contribution in [3.8, 4) is 17.2 Å². The van der Waals surface area contributed by atoms with Crippen molar-refractivity contribution in [3.63, 3.8) is 0 Å². The number of allylic oxidation sites excluding steroid dienone is 1. The van der Waals surface area contributed by atoms with Crippen LogP contribution in [0.15, 0.2) is 24.3 Å². The fourth-order valence-corrected chi connectivity index (χ4v) is 2.24. The number of hydrogen-bond donors (Lipinski definition) is 4. The Kier molecular flexibility index (Phi) is 4.03. The third-order valence-electron chi connectivity index (χ3n) is 3.36. The van der Waals surface area contributed by atoms with Gasteiger partial charge in [-0.2, -0.15) is 0 Å². The van der Waals surface area contributed by atoms with Gasteiger partial charge in [0.15, 0.2) is 0 Å². The maximum Gasteiger partial charge on any atom is 0.303 e. The van der Waals surface area contributed by atoms with Crippen molar-refractivity contribution in [3.05, 3.63) is 35.4 Å². The van der Waals surface area contributed by atoms with Gasteiger partial charge in [0.05, 0.1) is 5.39 Å². The van der Waals surface area contributed by atoms with Crippen LogP contribution in [0.2, 0.25) is 0 Å². The molecule has 2 rings (SSSR count). The van der Waals surface area contributed by atoms with Crippen molar-refractivity contribution < 1.29 is 25.2 Å². The molecule has 0 saturated carbocycles. The van der Waals surface area contributed by atoms with Crippen molar-refractivity contribution in [1.29, 1.82) is 0 Å². The number of fused-ring (bicyclic) bond motifs is 1. The predicted octanol–water partition coefficient (Wildman–Crippen LogP) is 3.14. The fraction of sp³-hybridized carbons (Fsp3) is 0.188. The van der Waals surface area contributed by atoms with Crippen molar-refractivity contribution in [2.45, 2.75) is 19.8 Å². The number of carbonyl (C=O) groups is 1. The molecule has 0 atom stereocenters. The molecule has 0 spiro atoms. The van der Waals surface area contributed by atoms with E-state index in [1.165, 1.54) is 6.07 Å². The van der Waals surface area contributed by atoms with E-state index in [0.29, 0.717) is 22.9 Å². The van der Waals surface area contributed by atoms with Crippen LogP contribution in [0.5, 0.6) is 17.2 Å². The number of hydrogen-bond acceptors (Lipinski definition) is 4. The van der Waals surface area contributed by atoms with Crippen LogP contribution in [0.25, 0.3) is 16.8 Å². The highest BCUT2D eigenvalue weighted by Crippen LogP contribution is 2.43. The molecule has 0 aromatic heterocycles. The first kappa shape index (κ1) is 14.7. The van der Waals surface area contributed by atoms with Crippen LogP contribution >= 0.6 is 0 Å². The molecule has 0 heterocycles. The average Bonchev–Trinajstić information content (AvgIpc) is 2.43. The maximum absolute atomic E-state index is 10.5. The van der Waals surface area contributed by atoms with Crippen molar-refractivity contribution in [1.82, 2.24) is 0 Å². The molecule has 2 aromatic carbocycles. The number of benzene rings is 2. The molecule has 5 nitrogen and oxygen atoms in total. The molecule has 0 aliphatic rings. The molecule has 0 radical (unpaired) electrons. The molecular formula is C16H16O5. The van der Waals surface area contributed by atoms with Crippen LogP contribution in [0.3, 0.4) is 0 Å². The first-order valence-corrected chi connectivity index (χ1v) is 6.48. The molecule has 0 saturated heterocycles. The maximum atomic E-state index is 10.5. The molecule has 5 heteroatoms. The Morgan fingerprint density at radius 1 is 1.19 bits per heavy atom. The fourth-order valence-electron chi connectivity index (χ4n) is 2.24. The number of aromatic hydroxyl groups is 3. The second-order valence-electron chi connectivity index (χ2n) is 4.77. The van der Waals surface area contributed by atoms with E-state index in [9.17, 15) is 20.1 Å². The number of aliphatic carboxylic acids is 1. The summed E-state index contributed by atoms with van der Waals surface area (Å²) in [6.45, 7) is 1.65. The van der Waals surface area contributed by atoms with Crippen LogP contribution < -0.4 is 0 Å². The van der Waals surface area contributed by atoms with Crippen LogP contribution in [-0.2, 0) is 4.79 Å². The number of carboxylic acid groups (broad SMARTS) is 1. The molecule has 110 valence electrons. The van der Waals surface area contributed by atoms with Crippen LogP contribution in [-0.4, -0.2) is 26.4 Å². The summed E-state index contributed by atoms with van der Waals surface area (Å²) in [7, 11) is 0. The summed E-state index contributed by atoms with van der Waals surface area (Å²) < 4.78 is 0. The van der Waals surface area contributed by atoms with E-state index in [1.54, 1.807) is 31.2 Å². The summed E-state index contributed by atoms with van der Waals surface area (Å²) in [6.07, 6.45) is 3.47. The van der Waals surface area contributed by atoms with Gasteiger partial charge in [0.25, 0.3) is 0 Å². The lowest BCUT2D eigenvalue weighted by atomic mass is 9.97. The first-order valence-electron chi connectivity index (χ1n) is 6.48. The Hall–Kier alpha value is -2.69. The summed E-state index contributed by atoms with van der Waals surface area (Å²) in [6, 6.07) is 4.61. The Labute approximate surface area is 121 Å². The van der Waals surface area contributed by atoms with Crippen LogP contribution in [0.4, 0.5) is 0 Å². The Balaban J connectivity index is 2.54. The van der Waals surface area contributed by atoms with E-state index in [1.807, 2.05) is 0 Å². The lowest BCUT2D eigenvalue weighted by molar-refractivity contribution is -0.136. The van der Waals surface area contributed by atoms with Gasteiger partial charge in [-0.25, -0.2) is 0 Å². The summed E-state index contributed by atoms with van der Waals surface area (Å²) in [5.41, 5.74) is 0.837. The lowest BCUT2D eigenvalue weighted by Crippen LogP contribution is -1.92. The topological polar surface area (TPSA) is 98.0 Å². The third-order valence-corrected chi connectivity index (χ3v) is 3.36. The standard InChI is InChI=1S/C16H16O5/c1-9-10(5-2-3-8-13(18)19)16(21)14-11(15(9)20)6-4-7-12(14)17/h2,4-7,17,20-21H,3,8H2,1H3,(H,18,19)/b5-2+. The largest absolute Gasteiger partial charge is 0.507 e. The third kappa shape index (κ3) is 2.76. The monoisotopic (exact) mass is 288 g/mol. The van der Waals surface area contributed by atoms with Crippen molar-refractivity contribution in [2.24, 2.45) is 0 Å². The highest BCUT2D eigenvalue weighted by Gasteiger charge is 2.16. The SMILES string of the molecule is Cc1c(/C=C/CCC(=O)O)c(O)c2c(O)cccc2c1O. The minimum absolute atomic E-state index is 0.0128. The highest BCUT2D eigenvalue weighted by atomic mass is 16.4. The first-order chi connectivity index (χ1) is 9.93. The van der Waals surface area contributed by atoms with Crippen LogP contribution in [0, 0.1) is 6.92 Å². The van der Waals surface area contributed by atoms with E-state index >= 15 is 0 Å². The summed E-state index contributed by atoms with van der Waals surface area (Å²) in [4.78, 5) is 10.5. The van der Waals surface area contributed by atoms with E-state index in [4.69, 9.17) is 5.11 Å². The second kappa shape index (κ2) is 5.75. The van der Waals surface area contributed by atoms with E-state index in [0.717, 1.165) is 0 Å². The van der Waals surface area contributed by atoms with E-state index in [2.05, 4.69) is 0 Å². The van der Waals surface area contributed by atoms with Crippen molar-refractivity contribution in [2.75, 3.05) is 0 Å². The molecule has 0 bridgehead atoms. The zero-order chi connectivity index (χ0) is 15.6. The zero-order valence-electron chi connectivity index (χ0n) is 11.5. The van der Waals surface area contributed by atoms with Gasteiger partial charge in [0.1, 0.15) is 17.2 Å². The van der Waals surface area contributed by atoms with Crippen LogP contribution in [0.1, 0.15) is 24.0 Å². The Bertz CT molecular complexity index is 731. The Morgan fingerprint density at radius 3 is 2.57 bits per heavy atom. The molecule has 0 fully saturated rings. The minimum atomic E-state index is -0.903. The molecule has 0 aliphatic carbocycles. The zero-order valence-corrected chi connectivity index (χ0v) is 11.5. The normalized spacial score (nSPS) is 11.3. The number of carboxylic acids is 1. The molecule has 0 unspecified atom stereocenters. The molecule has 0 aliphatic heterocycles. The van der Waals surface area contributed by atoms with Gasteiger partial charge in [-0.3, -0.25) is 4.79 Å². The van der Waals surface area contributed by atoms with Gasteiger partial charge in [-0.1, -0.05) is 24.3 Å².